The predicted octanol–water partition coefficient (Wildman–Crippen LogP) is 0.755. The number of esters is 1. The third-order valence-corrected chi connectivity index (χ3v) is 3.84. The molecule has 0 unspecified atom stereocenters. The van der Waals surface area contributed by atoms with Crippen molar-refractivity contribution in [1.29, 1.82) is 0 Å². The molecule has 0 heterocycles. The van der Waals surface area contributed by atoms with Crippen LogP contribution in [-0.4, -0.2) is 48.6 Å². The van der Waals surface area contributed by atoms with Crippen LogP contribution in [0.4, 0.5) is 0 Å². The molecule has 0 saturated heterocycles. The third kappa shape index (κ3) is 3.24. The van der Waals surface area contributed by atoms with Gasteiger partial charge in [0.15, 0.2) is 0 Å². The monoisotopic (exact) mass is 271 g/mol. The van der Waals surface area contributed by atoms with E-state index < -0.39 is 23.2 Å². The van der Waals surface area contributed by atoms with Gasteiger partial charge in [0.05, 0.1) is 18.9 Å². The van der Waals surface area contributed by atoms with Gasteiger partial charge < -0.3 is 14.7 Å². The standard InChI is InChI=1S/C13H21NO5/c1-13(2)9(10(13)12(17)18)11(16)14(3)7-5-6-8(15)19-4/h9-10H,5-7H2,1-4H3,(H,17,18)/t9-,10+/m1/s1. The second kappa shape index (κ2) is 5.59. The average molecular weight is 271 g/mol. The summed E-state index contributed by atoms with van der Waals surface area (Å²) in [6.45, 7) is 4.00. The average Bonchev–Trinajstić information content (AvgIpc) is 2.90. The summed E-state index contributed by atoms with van der Waals surface area (Å²) < 4.78 is 4.51. The highest BCUT2D eigenvalue weighted by Gasteiger charge is 2.66. The van der Waals surface area contributed by atoms with Gasteiger partial charge >= 0.3 is 11.9 Å². The number of hydrogen-bond acceptors (Lipinski definition) is 4. The van der Waals surface area contributed by atoms with Crippen LogP contribution in [0.2, 0.25) is 0 Å². The Balaban J connectivity index is 2.46. The number of carboxylic acids is 1. The molecule has 1 saturated carbocycles. The fourth-order valence-corrected chi connectivity index (χ4v) is 2.47. The van der Waals surface area contributed by atoms with Gasteiger partial charge in [-0.1, -0.05) is 13.8 Å². The first kappa shape index (κ1) is 15.5. The predicted molar refractivity (Wildman–Crippen MR) is 67.3 cm³/mol. The molecular formula is C13H21NO5. The Hall–Kier alpha value is -1.59. The summed E-state index contributed by atoms with van der Waals surface area (Å²) in [5.74, 6) is -2.47. The number of amides is 1. The molecule has 2 atom stereocenters. The Labute approximate surface area is 112 Å². The van der Waals surface area contributed by atoms with Crippen LogP contribution in [0.5, 0.6) is 0 Å². The van der Waals surface area contributed by atoms with Crippen molar-refractivity contribution < 1.29 is 24.2 Å². The minimum Gasteiger partial charge on any atom is -0.481 e. The number of rotatable bonds is 6. The zero-order chi connectivity index (χ0) is 14.8. The third-order valence-electron chi connectivity index (χ3n) is 3.84. The quantitative estimate of drug-likeness (QED) is 0.721. The van der Waals surface area contributed by atoms with Gasteiger partial charge in [-0.2, -0.15) is 0 Å². The van der Waals surface area contributed by atoms with Crippen LogP contribution in [0, 0.1) is 17.3 Å². The van der Waals surface area contributed by atoms with Gasteiger partial charge in [0, 0.05) is 20.0 Å². The molecule has 0 aromatic rings. The van der Waals surface area contributed by atoms with E-state index >= 15 is 0 Å². The molecule has 6 nitrogen and oxygen atoms in total. The normalized spacial score (nSPS) is 23.6. The Kier molecular flexibility index (Phi) is 4.55. The van der Waals surface area contributed by atoms with Crippen molar-refractivity contribution in [3.8, 4) is 0 Å². The molecule has 19 heavy (non-hydrogen) atoms. The lowest BCUT2D eigenvalue weighted by Crippen LogP contribution is -2.31. The molecule has 0 spiro atoms. The maximum absolute atomic E-state index is 12.1. The molecule has 0 bridgehead atoms. The lowest BCUT2D eigenvalue weighted by Gasteiger charge is -2.17. The summed E-state index contributed by atoms with van der Waals surface area (Å²) >= 11 is 0. The van der Waals surface area contributed by atoms with E-state index in [1.165, 1.54) is 12.0 Å². The molecule has 1 N–H and O–H groups in total. The van der Waals surface area contributed by atoms with E-state index in [4.69, 9.17) is 5.11 Å². The molecule has 1 aliphatic rings. The van der Waals surface area contributed by atoms with Crippen molar-refractivity contribution in [3.63, 3.8) is 0 Å². The second-order valence-electron chi connectivity index (χ2n) is 5.55. The summed E-state index contributed by atoms with van der Waals surface area (Å²) in [6.07, 6.45) is 0.768. The first-order valence-corrected chi connectivity index (χ1v) is 6.28. The topological polar surface area (TPSA) is 83.9 Å². The number of carbonyl (C=O) groups is 3. The van der Waals surface area contributed by atoms with E-state index in [9.17, 15) is 14.4 Å². The number of methoxy groups -OCH3 is 1. The number of aliphatic carboxylic acids is 1. The number of carboxylic acid groups (broad SMARTS) is 1. The lowest BCUT2D eigenvalue weighted by atomic mass is 10.1. The molecule has 0 aromatic heterocycles. The van der Waals surface area contributed by atoms with Gasteiger partial charge in [0.25, 0.3) is 0 Å². The van der Waals surface area contributed by atoms with Gasteiger partial charge in [-0.05, 0) is 11.8 Å². The van der Waals surface area contributed by atoms with Crippen molar-refractivity contribution in [1.82, 2.24) is 4.90 Å². The Morgan fingerprint density at radius 1 is 1.26 bits per heavy atom. The maximum atomic E-state index is 12.1. The highest BCUT2D eigenvalue weighted by molar-refractivity contribution is 5.91. The van der Waals surface area contributed by atoms with Crippen LogP contribution in [0.25, 0.3) is 0 Å². The molecule has 0 radical (unpaired) electrons. The van der Waals surface area contributed by atoms with Crippen molar-refractivity contribution in [3.05, 3.63) is 0 Å². The lowest BCUT2D eigenvalue weighted by molar-refractivity contribution is -0.142. The van der Waals surface area contributed by atoms with Crippen molar-refractivity contribution in [2.75, 3.05) is 20.7 Å². The van der Waals surface area contributed by atoms with Gasteiger partial charge in [-0.25, -0.2) is 0 Å². The minimum absolute atomic E-state index is 0.165. The molecule has 0 aromatic carbocycles. The zero-order valence-electron chi connectivity index (χ0n) is 11.8. The van der Waals surface area contributed by atoms with Crippen LogP contribution >= 0.6 is 0 Å². The Morgan fingerprint density at radius 2 is 1.84 bits per heavy atom. The molecule has 0 aliphatic heterocycles. The van der Waals surface area contributed by atoms with Crippen molar-refractivity contribution in [2.45, 2.75) is 26.7 Å². The number of hydrogen-bond donors (Lipinski definition) is 1. The van der Waals surface area contributed by atoms with Crippen LogP contribution in [0.1, 0.15) is 26.7 Å². The van der Waals surface area contributed by atoms with Crippen molar-refractivity contribution >= 4 is 17.8 Å². The number of carbonyl (C=O) groups excluding carboxylic acids is 2. The van der Waals surface area contributed by atoms with Gasteiger partial charge in [0.2, 0.25) is 5.91 Å². The van der Waals surface area contributed by atoms with Crippen molar-refractivity contribution in [2.24, 2.45) is 17.3 Å². The molecule has 6 heteroatoms. The molecule has 1 aliphatic carbocycles. The van der Waals surface area contributed by atoms with E-state index in [2.05, 4.69) is 4.74 Å². The fourth-order valence-electron chi connectivity index (χ4n) is 2.47. The molecule has 108 valence electrons. The first-order chi connectivity index (χ1) is 8.73. The zero-order valence-corrected chi connectivity index (χ0v) is 11.8. The first-order valence-electron chi connectivity index (χ1n) is 6.28. The Bertz CT molecular complexity index is 390. The van der Waals surface area contributed by atoms with Gasteiger partial charge in [-0.15, -0.1) is 0 Å². The summed E-state index contributed by atoms with van der Waals surface area (Å²) in [5, 5.41) is 9.04. The maximum Gasteiger partial charge on any atom is 0.307 e. The van der Waals surface area contributed by atoms with Gasteiger partial charge in [-0.3, -0.25) is 14.4 Å². The SMILES string of the molecule is COC(=O)CCCN(C)C(=O)[C@H]1[C@@H](C(=O)O)C1(C)C. The molecule has 1 rings (SSSR count). The van der Waals surface area contributed by atoms with Gasteiger partial charge in [0.1, 0.15) is 0 Å². The highest BCUT2D eigenvalue weighted by atomic mass is 16.5. The summed E-state index contributed by atoms with van der Waals surface area (Å²) in [5.41, 5.74) is -0.487. The van der Waals surface area contributed by atoms with E-state index in [1.54, 1.807) is 20.9 Å². The minimum atomic E-state index is -0.925. The Morgan fingerprint density at radius 3 is 2.26 bits per heavy atom. The number of ether oxygens (including phenoxy) is 1. The number of nitrogens with zero attached hydrogens (tertiary/aromatic N) is 1. The van der Waals surface area contributed by atoms with E-state index in [0.717, 1.165) is 0 Å². The molecule has 1 fully saturated rings. The molecular weight excluding hydrogens is 250 g/mol. The van der Waals surface area contributed by atoms with Crippen LogP contribution < -0.4 is 0 Å². The summed E-state index contributed by atoms with van der Waals surface area (Å²) in [7, 11) is 2.95. The van der Waals surface area contributed by atoms with Crippen LogP contribution in [0.3, 0.4) is 0 Å². The van der Waals surface area contributed by atoms with E-state index in [0.29, 0.717) is 13.0 Å². The van der Waals surface area contributed by atoms with Crippen LogP contribution in [-0.2, 0) is 19.1 Å². The largest absolute Gasteiger partial charge is 0.481 e. The molecule has 1 amide bonds. The van der Waals surface area contributed by atoms with E-state index in [-0.39, 0.29) is 18.3 Å². The summed E-state index contributed by atoms with van der Waals surface area (Å²) in [6, 6.07) is 0. The van der Waals surface area contributed by atoms with Crippen LogP contribution in [0.15, 0.2) is 0 Å². The smallest absolute Gasteiger partial charge is 0.307 e. The summed E-state index contributed by atoms with van der Waals surface area (Å²) in [4.78, 5) is 35.6. The fraction of sp³-hybridized carbons (Fsp3) is 0.769. The van der Waals surface area contributed by atoms with E-state index in [1.807, 2.05) is 0 Å². The second-order valence-corrected chi connectivity index (χ2v) is 5.55. The highest BCUT2D eigenvalue weighted by Crippen LogP contribution is 2.58.